The molecule has 1 aromatic carbocycles. The molecule has 0 radical (unpaired) electrons. The molecule has 0 saturated carbocycles. The Labute approximate surface area is 127 Å². The molecule has 2 saturated heterocycles. The number of fused-ring (bicyclic) bond motifs is 3. The predicted molar refractivity (Wildman–Crippen MR) is 84.4 cm³/mol. The van der Waals surface area contributed by atoms with Gasteiger partial charge in [-0.2, -0.15) is 0 Å². The first-order valence-corrected chi connectivity index (χ1v) is 8.56. The first kappa shape index (κ1) is 13.7. The SMILES string of the molecule is CCCNC1c2ccccc2CC1N1CC2CCC(C1)O2. The standard InChI is InChI=1S/C18H26N2O/c1-2-9-19-18-16-6-4-3-5-13(16)10-17(18)20-11-14-7-8-15(12-20)21-14/h3-6,14-15,17-19H,2,7-12H2,1H3. The van der Waals surface area contributed by atoms with Gasteiger partial charge in [0.1, 0.15) is 0 Å². The maximum Gasteiger partial charge on any atom is 0.0707 e. The summed E-state index contributed by atoms with van der Waals surface area (Å²) < 4.78 is 6.02. The van der Waals surface area contributed by atoms with Crippen LogP contribution in [0, 0.1) is 0 Å². The zero-order valence-electron chi connectivity index (χ0n) is 12.9. The number of nitrogens with one attached hydrogen (secondary N) is 1. The van der Waals surface area contributed by atoms with Crippen molar-refractivity contribution in [3.8, 4) is 0 Å². The molecule has 4 unspecified atom stereocenters. The minimum Gasteiger partial charge on any atom is -0.372 e. The first-order valence-electron chi connectivity index (χ1n) is 8.56. The van der Waals surface area contributed by atoms with Crippen LogP contribution in [-0.4, -0.2) is 42.8 Å². The molecule has 0 spiro atoms. The van der Waals surface area contributed by atoms with Crippen molar-refractivity contribution in [1.29, 1.82) is 0 Å². The maximum atomic E-state index is 6.02. The van der Waals surface area contributed by atoms with Crippen LogP contribution in [0.2, 0.25) is 0 Å². The van der Waals surface area contributed by atoms with E-state index in [-0.39, 0.29) is 0 Å². The number of hydrogen-bond donors (Lipinski definition) is 1. The van der Waals surface area contributed by atoms with Gasteiger partial charge in [-0.3, -0.25) is 4.90 Å². The van der Waals surface area contributed by atoms with Crippen molar-refractivity contribution in [2.75, 3.05) is 19.6 Å². The van der Waals surface area contributed by atoms with Crippen molar-refractivity contribution in [1.82, 2.24) is 10.2 Å². The van der Waals surface area contributed by atoms with E-state index >= 15 is 0 Å². The Morgan fingerprint density at radius 3 is 2.71 bits per heavy atom. The Balaban J connectivity index is 1.56. The van der Waals surface area contributed by atoms with Gasteiger partial charge in [-0.15, -0.1) is 0 Å². The molecule has 21 heavy (non-hydrogen) atoms. The van der Waals surface area contributed by atoms with Crippen molar-refractivity contribution in [3.63, 3.8) is 0 Å². The Kier molecular flexibility index (Phi) is 3.74. The minimum atomic E-state index is 0.485. The Hall–Kier alpha value is -0.900. The molecular formula is C18H26N2O. The fraction of sp³-hybridized carbons (Fsp3) is 0.667. The normalized spacial score (nSPS) is 35.1. The molecular weight excluding hydrogens is 260 g/mol. The van der Waals surface area contributed by atoms with Crippen LogP contribution in [0.15, 0.2) is 24.3 Å². The molecule has 2 heterocycles. The fourth-order valence-corrected chi connectivity index (χ4v) is 4.38. The summed E-state index contributed by atoms with van der Waals surface area (Å²) in [6.07, 6.45) is 5.87. The highest BCUT2D eigenvalue weighted by Crippen LogP contribution is 2.37. The molecule has 2 aliphatic heterocycles. The highest BCUT2D eigenvalue weighted by molar-refractivity contribution is 5.37. The van der Waals surface area contributed by atoms with Gasteiger partial charge in [0.15, 0.2) is 0 Å². The van der Waals surface area contributed by atoms with Gasteiger partial charge in [-0.05, 0) is 43.4 Å². The number of benzene rings is 1. The summed E-state index contributed by atoms with van der Waals surface area (Å²) in [5.74, 6) is 0. The molecule has 114 valence electrons. The van der Waals surface area contributed by atoms with Gasteiger partial charge in [0, 0.05) is 25.2 Å². The average molecular weight is 286 g/mol. The third-order valence-corrected chi connectivity index (χ3v) is 5.36. The third-order valence-electron chi connectivity index (χ3n) is 5.36. The first-order chi connectivity index (χ1) is 10.3. The van der Waals surface area contributed by atoms with Crippen LogP contribution in [0.5, 0.6) is 0 Å². The van der Waals surface area contributed by atoms with Gasteiger partial charge < -0.3 is 10.1 Å². The van der Waals surface area contributed by atoms with Crippen LogP contribution in [0.25, 0.3) is 0 Å². The molecule has 4 rings (SSSR count). The predicted octanol–water partition coefficient (Wildman–Crippen LogP) is 2.52. The molecule has 1 aromatic rings. The summed E-state index contributed by atoms with van der Waals surface area (Å²) in [4.78, 5) is 2.71. The number of ether oxygens (including phenoxy) is 1. The molecule has 1 aliphatic carbocycles. The van der Waals surface area contributed by atoms with E-state index in [1.54, 1.807) is 0 Å². The summed E-state index contributed by atoms with van der Waals surface area (Å²) in [6.45, 7) is 5.60. The van der Waals surface area contributed by atoms with E-state index in [0.717, 1.165) is 19.6 Å². The van der Waals surface area contributed by atoms with Crippen LogP contribution in [0.4, 0.5) is 0 Å². The van der Waals surface area contributed by atoms with Gasteiger partial charge in [0.05, 0.1) is 12.2 Å². The quantitative estimate of drug-likeness (QED) is 0.920. The van der Waals surface area contributed by atoms with Crippen molar-refractivity contribution < 1.29 is 4.74 Å². The van der Waals surface area contributed by atoms with E-state index in [0.29, 0.717) is 24.3 Å². The lowest BCUT2D eigenvalue weighted by Gasteiger charge is -2.39. The molecule has 3 aliphatic rings. The van der Waals surface area contributed by atoms with Crippen LogP contribution in [-0.2, 0) is 11.2 Å². The minimum absolute atomic E-state index is 0.485. The van der Waals surface area contributed by atoms with Gasteiger partial charge in [0.2, 0.25) is 0 Å². The second-order valence-corrected chi connectivity index (χ2v) is 6.81. The largest absolute Gasteiger partial charge is 0.372 e. The molecule has 4 atom stereocenters. The summed E-state index contributed by atoms with van der Waals surface area (Å²) in [7, 11) is 0. The zero-order chi connectivity index (χ0) is 14.2. The van der Waals surface area contributed by atoms with Gasteiger partial charge >= 0.3 is 0 Å². The second kappa shape index (κ2) is 5.71. The highest BCUT2D eigenvalue weighted by atomic mass is 16.5. The molecule has 3 heteroatoms. The summed E-state index contributed by atoms with van der Waals surface area (Å²) in [5, 5.41) is 3.80. The van der Waals surface area contributed by atoms with Crippen molar-refractivity contribution in [2.45, 2.75) is 56.9 Å². The Bertz CT molecular complexity index is 492. The van der Waals surface area contributed by atoms with Crippen LogP contribution >= 0.6 is 0 Å². The fourth-order valence-electron chi connectivity index (χ4n) is 4.38. The lowest BCUT2D eigenvalue weighted by Crippen LogP contribution is -2.51. The summed E-state index contributed by atoms with van der Waals surface area (Å²) >= 11 is 0. The van der Waals surface area contributed by atoms with E-state index in [1.807, 2.05) is 0 Å². The smallest absolute Gasteiger partial charge is 0.0707 e. The number of nitrogens with zero attached hydrogens (tertiary/aromatic N) is 1. The number of hydrogen-bond acceptors (Lipinski definition) is 3. The number of rotatable bonds is 4. The lowest BCUT2D eigenvalue weighted by atomic mass is 10.0. The van der Waals surface area contributed by atoms with Gasteiger partial charge in [-0.1, -0.05) is 31.2 Å². The summed E-state index contributed by atoms with van der Waals surface area (Å²) in [5.41, 5.74) is 3.06. The van der Waals surface area contributed by atoms with E-state index in [2.05, 4.69) is 41.4 Å². The number of likely N-dealkylation sites (tertiary alicyclic amines) is 1. The number of morpholine rings is 1. The Morgan fingerprint density at radius 2 is 1.95 bits per heavy atom. The van der Waals surface area contributed by atoms with E-state index in [1.165, 1.54) is 36.8 Å². The molecule has 3 nitrogen and oxygen atoms in total. The average Bonchev–Trinajstić information content (AvgIpc) is 3.05. The topological polar surface area (TPSA) is 24.5 Å². The van der Waals surface area contributed by atoms with Gasteiger partial charge in [-0.25, -0.2) is 0 Å². The molecule has 2 bridgehead atoms. The molecule has 1 N–H and O–H groups in total. The maximum absolute atomic E-state index is 6.02. The van der Waals surface area contributed by atoms with Crippen LogP contribution in [0.3, 0.4) is 0 Å². The van der Waals surface area contributed by atoms with Crippen LogP contribution < -0.4 is 5.32 Å². The molecule has 0 amide bonds. The molecule has 0 aromatic heterocycles. The monoisotopic (exact) mass is 286 g/mol. The van der Waals surface area contributed by atoms with Gasteiger partial charge in [0.25, 0.3) is 0 Å². The van der Waals surface area contributed by atoms with Crippen molar-refractivity contribution in [3.05, 3.63) is 35.4 Å². The van der Waals surface area contributed by atoms with E-state index in [9.17, 15) is 0 Å². The molecule has 2 fully saturated rings. The third kappa shape index (κ3) is 2.52. The second-order valence-electron chi connectivity index (χ2n) is 6.81. The van der Waals surface area contributed by atoms with E-state index in [4.69, 9.17) is 4.74 Å². The van der Waals surface area contributed by atoms with Crippen molar-refractivity contribution >= 4 is 0 Å². The summed E-state index contributed by atoms with van der Waals surface area (Å²) in [6, 6.07) is 10.1. The highest BCUT2D eigenvalue weighted by Gasteiger charge is 2.42. The van der Waals surface area contributed by atoms with Crippen LogP contribution in [0.1, 0.15) is 43.4 Å². The lowest BCUT2D eigenvalue weighted by molar-refractivity contribution is -0.0560. The van der Waals surface area contributed by atoms with E-state index < -0.39 is 0 Å². The zero-order valence-corrected chi connectivity index (χ0v) is 12.9. The van der Waals surface area contributed by atoms with Crippen molar-refractivity contribution in [2.24, 2.45) is 0 Å². The Morgan fingerprint density at radius 1 is 1.19 bits per heavy atom.